The Morgan fingerprint density at radius 2 is 2.33 bits per heavy atom. The van der Waals surface area contributed by atoms with Gasteiger partial charge in [0.25, 0.3) is 0 Å². The summed E-state index contributed by atoms with van der Waals surface area (Å²) in [6.07, 6.45) is 1.29. The molecule has 1 aromatic carbocycles. The Hall–Kier alpha value is -1.40. The summed E-state index contributed by atoms with van der Waals surface area (Å²) < 4.78 is 13.5. The smallest absolute Gasteiger partial charge is 0.236 e. The standard InChI is InChI=1S/C11H9ClFN3OS/c1-6-2-7(9(13)3-8(6)12)4-14-16-11-15-10(17)5-18-11/h2-4H,5H2,1H3,(H,15,16,17). The number of thioether (sulfide) groups is 1. The van der Waals surface area contributed by atoms with E-state index in [1.165, 1.54) is 24.0 Å². The molecule has 1 fully saturated rings. The van der Waals surface area contributed by atoms with E-state index in [1.54, 1.807) is 13.0 Å². The monoisotopic (exact) mass is 285 g/mol. The van der Waals surface area contributed by atoms with Crippen LogP contribution in [-0.4, -0.2) is 23.0 Å². The van der Waals surface area contributed by atoms with E-state index in [4.69, 9.17) is 11.6 Å². The molecule has 1 heterocycles. The Bertz CT molecular complexity index is 559. The normalized spacial score (nSPS) is 17.7. The van der Waals surface area contributed by atoms with Crippen molar-refractivity contribution in [2.45, 2.75) is 6.92 Å². The first-order valence-electron chi connectivity index (χ1n) is 5.05. The van der Waals surface area contributed by atoms with Gasteiger partial charge in [-0.2, -0.15) is 5.10 Å². The molecule has 1 aliphatic rings. The molecule has 0 atom stereocenters. The van der Waals surface area contributed by atoms with Gasteiger partial charge in [0.15, 0.2) is 5.17 Å². The number of hydrogen-bond acceptors (Lipinski definition) is 4. The summed E-state index contributed by atoms with van der Waals surface area (Å²) in [7, 11) is 0. The van der Waals surface area contributed by atoms with Crippen LogP contribution in [-0.2, 0) is 4.79 Å². The summed E-state index contributed by atoms with van der Waals surface area (Å²) in [5.74, 6) is -0.233. The van der Waals surface area contributed by atoms with Crippen molar-refractivity contribution >= 4 is 40.7 Å². The highest BCUT2D eigenvalue weighted by Gasteiger charge is 2.15. The lowest BCUT2D eigenvalue weighted by molar-refractivity contribution is -0.116. The van der Waals surface area contributed by atoms with Gasteiger partial charge in [-0.05, 0) is 24.6 Å². The molecule has 1 amide bonds. The predicted octanol–water partition coefficient (Wildman–Crippen LogP) is 2.34. The second kappa shape index (κ2) is 5.49. The minimum absolute atomic E-state index is 0.109. The van der Waals surface area contributed by atoms with E-state index in [-0.39, 0.29) is 5.91 Å². The number of amidine groups is 1. The van der Waals surface area contributed by atoms with E-state index < -0.39 is 5.82 Å². The fourth-order valence-corrected chi connectivity index (χ4v) is 2.08. The first-order chi connectivity index (χ1) is 8.56. The van der Waals surface area contributed by atoms with Crippen molar-refractivity contribution in [2.75, 3.05) is 5.75 Å². The number of aryl methyl sites for hydroxylation is 1. The van der Waals surface area contributed by atoms with Gasteiger partial charge in [0.05, 0.1) is 12.0 Å². The molecule has 4 nitrogen and oxygen atoms in total. The van der Waals surface area contributed by atoms with Crippen LogP contribution in [0.15, 0.2) is 22.3 Å². The zero-order chi connectivity index (χ0) is 13.1. The van der Waals surface area contributed by atoms with E-state index in [0.717, 1.165) is 5.56 Å². The van der Waals surface area contributed by atoms with Crippen LogP contribution in [0.25, 0.3) is 0 Å². The quantitative estimate of drug-likeness (QED) is 0.670. The number of halogens is 2. The van der Waals surface area contributed by atoms with Crippen LogP contribution in [0.1, 0.15) is 11.1 Å². The molecule has 94 valence electrons. The van der Waals surface area contributed by atoms with E-state index in [9.17, 15) is 9.18 Å². The number of nitrogens with zero attached hydrogens (tertiary/aromatic N) is 2. The molecular formula is C11H9ClFN3OS. The Morgan fingerprint density at radius 1 is 1.56 bits per heavy atom. The van der Waals surface area contributed by atoms with Crippen molar-refractivity contribution in [1.29, 1.82) is 0 Å². The van der Waals surface area contributed by atoms with Crippen LogP contribution >= 0.6 is 23.4 Å². The van der Waals surface area contributed by atoms with Gasteiger partial charge < -0.3 is 5.32 Å². The van der Waals surface area contributed by atoms with E-state index in [1.807, 2.05) is 0 Å². The van der Waals surface area contributed by atoms with Crippen molar-refractivity contribution < 1.29 is 9.18 Å². The fourth-order valence-electron chi connectivity index (χ4n) is 1.30. The van der Waals surface area contributed by atoms with E-state index >= 15 is 0 Å². The van der Waals surface area contributed by atoms with Crippen LogP contribution in [0.2, 0.25) is 5.02 Å². The molecule has 0 spiro atoms. The van der Waals surface area contributed by atoms with Crippen molar-refractivity contribution in [3.8, 4) is 0 Å². The topological polar surface area (TPSA) is 53.8 Å². The lowest BCUT2D eigenvalue weighted by atomic mass is 10.1. The first-order valence-corrected chi connectivity index (χ1v) is 6.42. The number of nitrogens with one attached hydrogen (secondary N) is 1. The molecule has 7 heteroatoms. The van der Waals surface area contributed by atoms with Crippen LogP contribution in [0.4, 0.5) is 4.39 Å². The number of rotatable bonds is 2. The lowest BCUT2D eigenvalue weighted by Crippen LogP contribution is -2.19. The molecule has 0 aliphatic carbocycles. The zero-order valence-corrected chi connectivity index (χ0v) is 11.0. The highest BCUT2D eigenvalue weighted by Crippen LogP contribution is 2.18. The third kappa shape index (κ3) is 3.08. The molecule has 0 bridgehead atoms. The largest absolute Gasteiger partial charge is 0.303 e. The summed E-state index contributed by atoms with van der Waals surface area (Å²) in [5.41, 5.74) is 1.06. The average molecular weight is 286 g/mol. The summed E-state index contributed by atoms with van der Waals surface area (Å²) >= 11 is 7.03. The minimum Gasteiger partial charge on any atom is -0.303 e. The van der Waals surface area contributed by atoms with Gasteiger partial charge in [-0.3, -0.25) is 4.79 Å². The van der Waals surface area contributed by atoms with Crippen molar-refractivity contribution in [3.05, 3.63) is 34.1 Å². The van der Waals surface area contributed by atoms with E-state index in [2.05, 4.69) is 15.5 Å². The van der Waals surface area contributed by atoms with Gasteiger partial charge in [0, 0.05) is 10.6 Å². The molecule has 0 saturated carbocycles. The van der Waals surface area contributed by atoms with E-state index in [0.29, 0.717) is 21.5 Å². The lowest BCUT2D eigenvalue weighted by Gasteiger charge is -2.00. The molecular weight excluding hydrogens is 277 g/mol. The van der Waals surface area contributed by atoms with Gasteiger partial charge >= 0.3 is 0 Å². The Morgan fingerprint density at radius 3 is 3.00 bits per heavy atom. The maximum absolute atomic E-state index is 13.5. The zero-order valence-electron chi connectivity index (χ0n) is 9.41. The average Bonchev–Trinajstić information content (AvgIpc) is 2.71. The van der Waals surface area contributed by atoms with Crippen LogP contribution in [0.5, 0.6) is 0 Å². The van der Waals surface area contributed by atoms with Gasteiger partial charge in [0.1, 0.15) is 5.82 Å². The highest BCUT2D eigenvalue weighted by molar-refractivity contribution is 8.15. The number of carbonyl (C=O) groups is 1. The second-order valence-corrected chi connectivity index (χ2v) is 4.98. The molecule has 1 N–H and O–H groups in total. The SMILES string of the molecule is Cc1cc(C=NN=C2NC(=O)CS2)c(F)cc1Cl. The molecule has 1 saturated heterocycles. The summed E-state index contributed by atoms with van der Waals surface area (Å²) in [6.45, 7) is 1.78. The number of amides is 1. The molecule has 1 aliphatic heterocycles. The Kier molecular flexibility index (Phi) is 3.98. The van der Waals surface area contributed by atoms with Crippen LogP contribution < -0.4 is 5.32 Å². The minimum atomic E-state index is -0.460. The van der Waals surface area contributed by atoms with Crippen LogP contribution in [0, 0.1) is 12.7 Å². The second-order valence-electron chi connectivity index (χ2n) is 3.61. The predicted molar refractivity (Wildman–Crippen MR) is 71.8 cm³/mol. The third-order valence-corrected chi connectivity index (χ3v) is 3.48. The maximum atomic E-state index is 13.5. The van der Waals surface area contributed by atoms with Gasteiger partial charge in [0.2, 0.25) is 5.91 Å². The highest BCUT2D eigenvalue weighted by atomic mass is 35.5. The van der Waals surface area contributed by atoms with Gasteiger partial charge in [-0.25, -0.2) is 4.39 Å². The molecule has 0 aromatic heterocycles. The molecule has 1 aromatic rings. The summed E-state index contributed by atoms with van der Waals surface area (Å²) in [4.78, 5) is 10.9. The number of benzene rings is 1. The number of carbonyl (C=O) groups excluding carboxylic acids is 1. The first kappa shape index (κ1) is 13.0. The molecule has 18 heavy (non-hydrogen) atoms. The molecule has 0 radical (unpaired) electrons. The molecule has 2 rings (SSSR count). The van der Waals surface area contributed by atoms with Gasteiger partial charge in [-0.1, -0.05) is 23.4 Å². The maximum Gasteiger partial charge on any atom is 0.236 e. The Labute approximate surface area is 112 Å². The van der Waals surface area contributed by atoms with Crippen LogP contribution in [0.3, 0.4) is 0 Å². The fraction of sp³-hybridized carbons (Fsp3) is 0.182. The Balaban J connectivity index is 2.14. The number of hydrogen-bond donors (Lipinski definition) is 1. The molecule has 0 unspecified atom stereocenters. The van der Waals surface area contributed by atoms with Crippen molar-refractivity contribution in [1.82, 2.24) is 5.32 Å². The third-order valence-electron chi connectivity index (χ3n) is 2.21. The van der Waals surface area contributed by atoms with Crippen molar-refractivity contribution in [2.24, 2.45) is 10.2 Å². The summed E-state index contributed by atoms with van der Waals surface area (Å²) in [5, 5.41) is 10.8. The van der Waals surface area contributed by atoms with Crippen molar-refractivity contribution in [3.63, 3.8) is 0 Å². The van der Waals surface area contributed by atoms with Gasteiger partial charge in [-0.15, -0.1) is 5.10 Å². The summed E-state index contributed by atoms with van der Waals surface area (Å²) in [6, 6.07) is 2.82.